The molecule has 0 atom stereocenters. The molecule has 28 heavy (non-hydrogen) atoms. The lowest BCUT2D eigenvalue weighted by molar-refractivity contribution is 0.610. The minimum absolute atomic E-state index is 0.170. The molecule has 2 aromatic carbocycles. The molecule has 6 heteroatoms. The van der Waals surface area contributed by atoms with Crippen molar-refractivity contribution in [2.24, 2.45) is 4.99 Å². The van der Waals surface area contributed by atoms with Crippen LogP contribution in [0.15, 0.2) is 47.6 Å². The Morgan fingerprint density at radius 3 is 2.86 bits per heavy atom. The largest absolute Gasteiger partial charge is 0.361 e. The van der Waals surface area contributed by atoms with Crippen LogP contribution in [0.5, 0.6) is 0 Å². The van der Waals surface area contributed by atoms with Crippen LogP contribution in [0.2, 0.25) is 0 Å². The Labute approximate surface area is 164 Å². The third-order valence-corrected chi connectivity index (χ3v) is 4.61. The van der Waals surface area contributed by atoms with Crippen LogP contribution >= 0.6 is 0 Å². The average Bonchev–Trinajstić information content (AvgIpc) is 3.11. The molecule has 0 radical (unpaired) electrons. The van der Waals surface area contributed by atoms with Crippen LogP contribution in [-0.2, 0) is 13.0 Å². The van der Waals surface area contributed by atoms with E-state index in [4.69, 9.17) is 5.26 Å². The van der Waals surface area contributed by atoms with Gasteiger partial charge in [-0.05, 0) is 55.7 Å². The molecule has 1 heterocycles. The van der Waals surface area contributed by atoms with Gasteiger partial charge in [0.1, 0.15) is 5.82 Å². The first-order valence-corrected chi connectivity index (χ1v) is 9.38. The van der Waals surface area contributed by atoms with Crippen LogP contribution in [0.3, 0.4) is 0 Å². The first kappa shape index (κ1) is 19.4. The van der Waals surface area contributed by atoms with Gasteiger partial charge in [-0.1, -0.05) is 12.1 Å². The molecule has 0 unspecified atom stereocenters. The molecule has 3 aromatic rings. The Kier molecular flexibility index (Phi) is 6.28. The van der Waals surface area contributed by atoms with Crippen molar-refractivity contribution in [3.63, 3.8) is 0 Å². The van der Waals surface area contributed by atoms with Gasteiger partial charge in [-0.15, -0.1) is 0 Å². The van der Waals surface area contributed by atoms with Crippen LogP contribution in [0.1, 0.15) is 29.2 Å². The fourth-order valence-electron chi connectivity index (χ4n) is 3.24. The molecule has 0 spiro atoms. The Balaban J connectivity index is 1.66. The summed E-state index contributed by atoms with van der Waals surface area (Å²) in [7, 11) is 0. The Morgan fingerprint density at radius 1 is 1.21 bits per heavy atom. The second kappa shape index (κ2) is 9.05. The van der Waals surface area contributed by atoms with Crippen LogP contribution in [0.25, 0.3) is 10.9 Å². The maximum atomic E-state index is 13.9. The van der Waals surface area contributed by atoms with Crippen LogP contribution in [0, 0.1) is 24.1 Å². The topological polar surface area (TPSA) is 76.0 Å². The van der Waals surface area contributed by atoms with E-state index in [0.29, 0.717) is 30.2 Å². The summed E-state index contributed by atoms with van der Waals surface area (Å²) >= 11 is 0. The average molecular weight is 377 g/mol. The number of rotatable bonds is 6. The molecule has 0 aliphatic heterocycles. The zero-order valence-electron chi connectivity index (χ0n) is 16.1. The van der Waals surface area contributed by atoms with Gasteiger partial charge in [-0.25, -0.2) is 9.38 Å². The summed E-state index contributed by atoms with van der Waals surface area (Å²) in [5, 5.41) is 16.7. The van der Waals surface area contributed by atoms with E-state index in [9.17, 15) is 4.39 Å². The predicted molar refractivity (Wildman–Crippen MR) is 111 cm³/mol. The van der Waals surface area contributed by atoms with E-state index in [-0.39, 0.29) is 12.4 Å². The number of hydrogen-bond donors (Lipinski definition) is 3. The number of benzene rings is 2. The van der Waals surface area contributed by atoms with E-state index >= 15 is 0 Å². The molecular weight excluding hydrogens is 353 g/mol. The SMILES string of the molecule is CCNC(=NCc1cc(C#N)ccc1F)NCCc1c[nH]c2cccc(C)c12. The van der Waals surface area contributed by atoms with Crippen LogP contribution in [0.4, 0.5) is 4.39 Å². The summed E-state index contributed by atoms with van der Waals surface area (Å²) < 4.78 is 13.9. The monoisotopic (exact) mass is 377 g/mol. The number of nitriles is 1. The van der Waals surface area contributed by atoms with Crippen molar-refractivity contribution in [3.05, 3.63) is 70.7 Å². The van der Waals surface area contributed by atoms with Crippen LogP contribution in [-0.4, -0.2) is 24.0 Å². The minimum atomic E-state index is -0.354. The van der Waals surface area contributed by atoms with Crippen molar-refractivity contribution in [1.29, 1.82) is 5.26 Å². The number of nitrogens with one attached hydrogen (secondary N) is 3. The van der Waals surface area contributed by atoms with Crippen molar-refractivity contribution in [3.8, 4) is 6.07 Å². The molecule has 1 aromatic heterocycles. The molecule has 144 valence electrons. The highest BCUT2D eigenvalue weighted by Gasteiger charge is 2.07. The number of guanidine groups is 1. The number of aromatic amines is 1. The highest BCUT2D eigenvalue weighted by molar-refractivity contribution is 5.86. The zero-order chi connectivity index (χ0) is 19.9. The number of hydrogen-bond acceptors (Lipinski definition) is 2. The van der Waals surface area contributed by atoms with Gasteiger partial charge in [-0.3, -0.25) is 0 Å². The third-order valence-electron chi connectivity index (χ3n) is 4.61. The molecule has 0 fully saturated rings. The van der Waals surface area contributed by atoms with Gasteiger partial charge in [-0.2, -0.15) is 5.26 Å². The lowest BCUT2D eigenvalue weighted by Gasteiger charge is -2.11. The van der Waals surface area contributed by atoms with Crippen molar-refractivity contribution >= 4 is 16.9 Å². The predicted octanol–water partition coefficient (Wildman–Crippen LogP) is 3.78. The maximum Gasteiger partial charge on any atom is 0.191 e. The lowest BCUT2D eigenvalue weighted by Crippen LogP contribution is -2.38. The van der Waals surface area contributed by atoms with Gasteiger partial charge in [0.25, 0.3) is 0 Å². The summed E-state index contributed by atoms with van der Waals surface area (Å²) in [4.78, 5) is 7.77. The number of aromatic nitrogens is 1. The number of aryl methyl sites for hydroxylation is 1. The minimum Gasteiger partial charge on any atom is -0.361 e. The number of H-pyrrole nitrogens is 1. The third kappa shape index (κ3) is 4.49. The summed E-state index contributed by atoms with van der Waals surface area (Å²) in [6.07, 6.45) is 2.89. The van der Waals surface area contributed by atoms with Gasteiger partial charge in [0, 0.05) is 35.8 Å². The quantitative estimate of drug-likeness (QED) is 0.452. The summed E-state index contributed by atoms with van der Waals surface area (Å²) in [5.41, 5.74) is 4.48. The Morgan fingerprint density at radius 2 is 2.07 bits per heavy atom. The van der Waals surface area contributed by atoms with Crippen molar-refractivity contribution in [2.75, 3.05) is 13.1 Å². The van der Waals surface area contributed by atoms with Crippen LogP contribution < -0.4 is 10.6 Å². The summed E-state index contributed by atoms with van der Waals surface area (Å²) in [6, 6.07) is 12.6. The van der Waals surface area contributed by atoms with E-state index in [1.54, 1.807) is 0 Å². The second-order valence-electron chi connectivity index (χ2n) is 6.60. The lowest BCUT2D eigenvalue weighted by atomic mass is 10.1. The fraction of sp³-hybridized carbons (Fsp3) is 0.273. The molecule has 0 bridgehead atoms. The van der Waals surface area contributed by atoms with Gasteiger partial charge < -0.3 is 15.6 Å². The molecular formula is C22H24FN5. The van der Waals surface area contributed by atoms with Gasteiger partial charge in [0.05, 0.1) is 18.2 Å². The number of halogens is 1. The van der Waals surface area contributed by atoms with Crippen molar-refractivity contribution < 1.29 is 4.39 Å². The molecule has 3 rings (SSSR count). The standard InChI is InChI=1S/C22H24FN5/c1-3-25-22(28-14-18-11-16(12-24)7-8-19(18)23)26-10-9-17-13-27-20-6-4-5-15(2)21(17)20/h4-8,11,13,27H,3,9-10,14H2,1-2H3,(H2,25,26,28). The first-order chi connectivity index (χ1) is 13.6. The normalized spacial score (nSPS) is 11.4. The van der Waals surface area contributed by atoms with Crippen molar-refractivity contribution in [2.45, 2.75) is 26.8 Å². The number of aliphatic imine (C=N–C) groups is 1. The molecule has 0 aliphatic rings. The smallest absolute Gasteiger partial charge is 0.191 e. The molecule has 0 saturated carbocycles. The van der Waals surface area contributed by atoms with E-state index < -0.39 is 0 Å². The highest BCUT2D eigenvalue weighted by Crippen LogP contribution is 2.22. The highest BCUT2D eigenvalue weighted by atomic mass is 19.1. The Hall–Kier alpha value is -3.33. The van der Waals surface area contributed by atoms with Gasteiger partial charge >= 0.3 is 0 Å². The molecule has 5 nitrogen and oxygen atoms in total. The number of nitrogens with zero attached hydrogens (tertiary/aromatic N) is 2. The van der Waals surface area contributed by atoms with E-state index in [2.05, 4.69) is 39.7 Å². The maximum absolute atomic E-state index is 13.9. The summed E-state index contributed by atoms with van der Waals surface area (Å²) in [6.45, 7) is 5.68. The zero-order valence-corrected chi connectivity index (χ0v) is 16.1. The van der Waals surface area contributed by atoms with Crippen molar-refractivity contribution in [1.82, 2.24) is 15.6 Å². The number of fused-ring (bicyclic) bond motifs is 1. The van der Waals surface area contributed by atoms with E-state index in [0.717, 1.165) is 11.9 Å². The second-order valence-corrected chi connectivity index (χ2v) is 6.60. The molecule has 3 N–H and O–H groups in total. The van der Waals surface area contributed by atoms with Gasteiger partial charge in [0.2, 0.25) is 0 Å². The molecule has 0 amide bonds. The Bertz CT molecular complexity index is 1030. The molecule has 0 saturated heterocycles. The first-order valence-electron chi connectivity index (χ1n) is 9.38. The summed E-state index contributed by atoms with van der Waals surface area (Å²) in [5.74, 6) is 0.272. The molecule has 0 aliphatic carbocycles. The fourth-order valence-corrected chi connectivity index (χ4v) is 3.24. The van der Waals surface area contributed by atoms with E-state index in [1.807, 2.05) is 25.3 Å². The van der Waals surface area contributed by atoms with E-state index in [1.165, 1.54) is 34.7 Å². The van der Waals surface area contributed by atoms with Gasteiger partial charge in [0.15, 0.2) is 5.96 Å².